The lowest BCUT2D eigenvalue weighted by Crippen LogP contribution is -2.34. The average Bonchev–Trinajstić information content (AvgIpc) is 4.11. The van der Waals surface area contributed by atoms with Crippen molar-refractivity contribution in [2.45, 2.75) is 84.3 Å². The zero-order valence-electron chi connectivity index (χ0n) is 32.1. The number of carboxylic acid groups (broad SMARTS) is 1. The van der Waals surface area contributed by atoms with Crippen LogP contribution in [0, 0.1) is 13.8 Å². The van der Waals surface area contributed by atoms with Gasteiger partial charge in [0.15, 0.2) is 0 Å². The number of aryl methyl sites for hydroxylation is 2. The first-order valence-corrected chi connectivity index (χ1v) is 18.7. The van der Waals surface area contributed by atoms with Crippen molar-refractivity contribution in [1.82, 2.24) is 35.5 Å². The van der Waals surface area contributed by atoms with Crippen LogP contribution < -0.4 is 33.2 Å². The number of benzene rings is 3. The van der Waals surface area contributed by atoms with Crippen LogP contribution in [-0.2, 0) is 0 Å². The third kappa shape index (κ3) is 10.3. The molecule has 0 unspecified atom stereocenters. The topological polar surface area (TPSA) is 238 Å². The Labute approximate surface area is 325 Å². The number of nitrogen functional groups attached to an aromatic ring is 3. The zero-order valence-corrected chi connectivity index (χ0v) is 32.1. The fourth-order valence-corrected chi connectivity index (χ4v) is 5.60. The molecule has 0 atom stereocenters. The summed E-state index contributed by atoms with van der Waals surface area (Å²) >= 11 is 0. The Morgan fingerprint density at radius 1 is 0.696 bits per heavy atom. The number of carbonyl (C=O) groups is 4. The average molecular weight is 763 g/mol. The van der Waals surface area contributed by atoms with Crippen LogP contribution in [0.15, 0.2) is 79.1 Å². The molecule has 3 aromatic carbocycles. The number of nitrogens with zero attached hydrogens (tertiary/aromatic N) is 4. The first-order chi connectivity index (χ1) is 26.8. The summed E-state index contributed by atoms with van der Waals surface area (Å²) in [4.78, 5) is 48.0. The van der Waals surface area contributed by atoms with Gasteiger partial charge in [-0.05, 0) is 99.9 Å². The standard InChI is InChI=1S/C20H27N5O2.C15H16N4O3.C6H7N/c1-4-14(5-2)23-20(27)16-11-22-25(18(16)21)17-10-13(7-6-12(17)3)19(26)24-15-8-9-15;1-8-2-3-9(14(20)18-10-4-5-10)6-12(8)19-13(16)11(7-17-19)15(21)22;7-6-4-2-1-3-5-6/h6-7,10-11,14-15H,4-5,8-9,21H2,1-3H3,(H,23,27)(H,24,26);2-3,6-7,10H,4-5,16H2,1H3,(H,18,20)(H,21,22);1-5H,7H2. The van der Waals surface area contributed by atoms with Crippen molar-refractivity contribution in [3.05, 3.63) is 113 Å². The number of nitrogens with one attached hydrogen (secondary N) is 3. The molecular formula is C41H50N10O5. The van der Waals surface area contributed by atoms with Crippen LogP contribution in [0.4, 0.5) is 17.3 Å². The van der Waals surface area contributed by atoms with Crippen LogP contribution in [0.5, 0.6) is 0 Å². The smallest absolute Gasteiger partial charge is 0.341 e. The van der Waals surface area contributed by atoms with Gasteiger partial charge in [-0.15, -0.1) is 0 Å². The second kappa shape index (κ2) is 18.1. The number of carboxylic acids is 1. The summed E-state index contributed by atoms with van der Waals surface area (Å²) in [5, 5.41) is 26.2. The summed E-state index contributed by atoms with van der Waals surface area (Å²) < 4.78 is 2.86. The lowest BCUT2D eigenvalue weighted by atomic mass is 10.1. The molecule has 0 spiro atoms. The molecule has 2 aliphatic carbocycles. The highest BCUT2D eigenvalue weighted by Crippen LogP contribution is 2.25. The number of amides is 3. The largest absolute Gasteiger partial charge is 0.477 e. The van der Waals surface area contributed by atoms with E-state index in [1.54, 1.807) is 30.3 Å². The van der Waals surface area contributed by atoms with Crippen molar-refractivity contribution in [3.63, 3.8) is 0 Å². The maximum atomic E-state index is 12.5. The Bertz CT molecular complexity index is 2180. The summed E-state index contributed by atoms with van der Waals surface area (Å²) in [7, 11) is 0. The van der Waals surface area contributed by atoms with E-state index >= 15 is 0 Å². The molecule has 2 aromatic heterocycles. The first-order valence-electron chi connectivity index (χ1n) is 18.7. The van der Waals surface area contributed by atoms with Gasteiger partial charge < -0.3 is 38.3 Å². The third-order valence-electron chi connectivity index (χ3n) is 9.43. The molecule has 56 heavy (non-hydrogen) atoms. The van der Waals surface area contributed by atoms with Crippen molar-refractivity contribution >= 4 is 41.0 Å². The van der Waals surface area contributed by atoms with E-state index in [1.807, 2.05) is 64.1 Å². The highest BCUT2D eigenvalue weighted by Gasteiger charge is 2.26. The minimum Gasteiger partial charge on any atom is -0.477 e. The molecule has 0 saturated heterocycles. The molecule has 5 aromatic rings. The summed E-state index contributed by atoms with van der Waals surface area (Å²) in [5.74, 6) is -1.31. The quantitative estimate of drug-likeness (QED) is 0.0869. The highest BCUT2D eigenvalue weighted by molar-refractivity contribution is 5.99. The van der Waals surface area contributed by atoms with Gasteiger partial charge in [-0.3, -0.25) is 14.4 Å². The van der Waals surface area contributed by atoms with Crippen LogP contribution in [-0.4, -0.2) is 66.5 Å². The molecule has 0 bridgehead atoms. The predicted molar refractivity (Wildman–Crippen MR) is 216 cm³/mol. The lowest BCUT2D eigenvalue weighted by molar-refractivity contribution is 0.0697. The summed E-state index contributed by atoms with van der Waals surface area (Å²) in [5.41, 5.74) is 22.6. The van der Waals surface area contributed by atoms with Crippen LogP contribution in [0.1, 0.15) is 105 Å². The minimum absolute atomic E-state index is 0.0374. The number of hydrogen-bond donors (Lipinski definition) is 7. The number of aromatic carboxylic acids is 1. The molecule has 7 rings (SSSR count). The number of nitrogens with two attached hydrogens (primary N) is 3. The predicted octanol–water partition coefficient (Wildman–Crippen LogP) is 5.20. The summed E-state index contributed by atoms with van der Waals surface area (Å²) in [6.07, 6.45) is 8.48. The first kappa shape index (κ1) is 40.5. The van der Waals surface area contributed by atoms with Crippen molar-refractivity contribution in [3.8, 4) is 11.4 Å². The van der Waals surface area contributed by atoms with Gasteiger partial charge >= 0.3 is 5.97 Å². The minimum atomic E-state index is -1.14. The number of para-hydroxylation sites is 1. The molecule has 15 nitrogen and oxygen atoms in total. The summed E-state index contributed by atoms with van der Waals surface area (Å²) in [6, 6.07) is 20.8. The van der Waals surface area contributed by atoms with E-state index in [4.69, 9.17) is 22.3 Å². The number of hydrogen-bond acceptors (Lipinski definition) is 9. The van der Waals surface area contributed by atoms with Crippen molar-refractivity contribution in [1.29, 1.82) is 0 Å². The maximum Gasteiger partial charge on any atom is 0.341 e. The molecule has 2 heterocycles. The fourth-order valence-electron chi connectivity index (χ4n) is 5.60. The molecule has 0 aliphatic heterocycles. The molecule has 2 aliphatic rings. The van der Waals surface area contributed by atoms with Crippen LogP contribution >= 0.6 is 0 Å². The summed E-state index contributed by atoms with van der Waals surface area (Å²) in [6.45, 7) is 7.83. The lowest BCUT2D eigenvalue weighted by Gasteiger charge is -2.14. The monoisotopic (exact) mass is 762 g/mol. The van der Waals surface area contributed by atoms with E-state index in [2.05, 4.69) is 26.1 Å². The Balaban J connectivity index is 0.000000185. The molecule has 294 valence electrons. The second-order valence-corrected chi connectivity index (χ2v) is 13.9. The van der Waals surface area contributed by atoms with E-state index < -0.39 is 5.97 Å². The second-order valence-electron chi connectivity index (χ2n) is 13.9. The Kier molecular flexibility index (Phi) is 13.1. The van der Waals surface area contributed by atoms with Crippen LogP contribution in [0.2, 0.25) is 0 Å². The molecule has 0 radical (unpaired) electrons. The van der Waals surface area contributed by atoms with E-state index in [0.29, 0.717) is 28.1 Å². The number of anilines is 3. The molecule has 10 N–H and O–H groups in total. The molecule has 3 amide bonds. The number of carbonyl (C=O) groups excluding carboxylic acids is 3. The van der Waals surface area contributed by atoms with Gasteiger partial charge in [-0.1, -0.05) is 44.2 Å². The highest BCUT2D eigenvalue weighted by atomic mass is 16.4. The van der Waals surface area contributed by atoms with Gasteiger partial charge in [0.1, 0.15) is 22.8 Å². The van der Waals surface area contributed by atoms with Gasteiger partial charge in [0.2, 0.25) is 0 Å². The number of aromatic nitrogens is 4. The van der Waals surface area contributed by atoms with Crippen LogP contribution in [0.3, 0.4) is 0 Å². The van der Waals surface area contributed by atoms with Gasteiger partial charge in [0.05, 0.1) is 23.8 Å². The van der Waals surface area contributed by atoms with Gasteiger partial charge in [0, 0.05) is 34.9 Å². The fraction of sp³-hybridized carbons (Fsp3) is 0.317. The normalized spacial score (nSPS) is 13.1. The molecule has 15 heteroatoms. The van der Waals surface area contributed by atoms with Crippen LogP contribution in [0.25, 0.3) is 11.4 Å². The van der Waals surface area contributed by atoms with Crippen molar-refractivity contribution in [2.24, 2.45) is 0 Å². The van der Waals surface area contributed by atoms with E-state index in [-0.39, 0.29) is 53.0 Å². The van der Waals surface area contributed by atoms with E-state index in [1.165, 1.54) is 21.8 Å². The van der Waals surface area contributed by atoms with E-state index in [0.717, 1.165) is 55.3 Å². The van der Waals surface area contributed by atoms with Crippen molar-refractivity contribution in [2.75, 3.05) is 17.2 Å². The van der Waals surface area contributed by atoms with Gasteiger partial charge in [0.25, 0.3) is 17.7 Å². The molecule has 2 fully saturated rings. The molecular weight excluding hydrogens is 713 g/mol. The SMILES string of the molecule is CCC(CC)NC(=O)c1cnn(-c2cc(C(=O)NC3CC3)ccc2C)c1N.Cc1ccc(C(=O)NC2CC2)cc1-n1ncc(C(=O)O)c1N.Nc1ccccc1. The Morgan fingerprint density at radius 3 is 1.52 bits per heavy atom. The van der Waals surface area contributed by atoms with Crippen molar-refractivity contribution < 1.29 is 24.3 Å². The molecule has 2 saturated carbocycles. The van der Waals surface area contributed by atoms with Gasteiger partial charge in [-0.2, -0.15) is 10.2 Å². The Morgan fingerprint density at radius 2 is 1.14 bits per heavy atom. The van der Waals surface area contributed by atoms with Gasteiger partial charge in [-0.25, -0.2) is 14.2 Å². The number of rotatable bonds is 11. The van der Waals surface area contributed by atoms with E-state index in [9.17, 15) is 19.2 Å². The Hall–Kier alpha value is -6.64. The zero-order chi connectivity index (χ0) is 40.5. The maximum absolute atomic E-state index is 12.5. The third-order valence-corrected chi connectivity index (χ3v) is 9.43.